The van der Waals surface area contributed by atoms with Crippen LogP contribution in [0.3, 0.4) is 0 Å². The van der Waals surface area contributed by atoms with E-state index in [1.807, 2.05) is 12.1 Å². The summed E-state index contributed by atoms with van der Waals surface area (Å²) >= 11 is 12.3. The van der Waals surface area contributed by atoms with Crippen molar-refractivity contribution in [2.45, 2.75) is 13.5 Å². The summed E-state index contributed by atoms with van der Waals surface area (Å²) in [5.41, 5.74) is -0.192. The molecule has 1 aromatic heterocycles. The number of ether oxygens (including phenoxy) is 1. The van der Waals surface area contributed by atoms with Gasteiger partial charge in [-0.05, 0) is 30.2 Å². The lowest BCUT2D eigenvalue weighted by atomic mass is 9.97. The molecule has 152 valence electrons. The van der Waals surface area contributed by atoms with Crippen molar-refractivity contribution >= 4 is 29.0 Å². The fourth-order valence-corrected chi connectivity index (χ4v) is 3.81. The average molecular weight is 443 g/mol. The molecule has 3 aromatic rings. The zero-order valence-corrected chi connectivity index (χ0v) is 17.6. The summed E-state index contributed by atoms with van der Waals surface area (Å²) in [6.07, 6.45) is 0. The Balaban J connectivity index is 2.22. The van der Waals surface area contributed by atoms with E-state index >= 15 is 0 Å². The molecule has 0 aliphatic heterocycles. The van der Waals surface area contributed by atoms with Crippen LogP contribution in [0.25, 0.3) is 0 Å². The number of pyridine rings is 1. The van der Waals surface area contributed by atoms with Crippen molar-refractivity contribution in [3.63, 3.8) is 0 Å². The van der Waals surface area contributed by atoms with Gasteiger partial charge in [0, 0.05) is 5.56 Å². The summed E-state index contributed by atoms with van der Waals surface area (Å²) in [5, 5.41) is 20.6. The highest BCUT2D eigenvalue weighted by Gasteiger charge is 2.26. The molecule has 1 heterocycles. The fraction of sp³-hybridized carbons (Fsp3) is 0.136. The van der Waals surface area contributed by atoms with E-state index in [4.69, 9.17) is 27.9 Å². The van der Waals surface area contributed by atoms with Gasteiger partial charge in [0.25, 0.3) is 5.56 Å². The van der Waals surface area contributed by atoms with Gasteiger partial charge in [0.1, 0.15) is 11.6 Å². The van der Waals surface area contributed by atoms with Crippen LogP contribution in [0.2, 0.25) is 10.0 Å². The Kier molecular flexibility index (Phi) is 6.16. The van der Waals surface area contributed by atoms with Gasteiger partial charge in [0.2, 0.25) is 5.88 Å². The highest BCUT2D eigenvalue weighted by Crippen LogP contribution is 2.35. The SMILES string of the molecule is COc1c(Cl)cc(C(=O)c2c(C)c(C#N)c(=O)n(Cc3ccccc3)c2O)cc1Cl. The molecule has 3 rings (SSSR count). The first-order valence-corrected chi connectivity index (χ1v) is 9.53. The number of nitriles is 1. The number of rotatable bonds is 5. The number of carbonyl (C=O) groups is 1. The molecule has 0 amide bonds. The van der Waals surface area contributed by atoms with Crippen molar-refractivity contribution < 1.29 is 14.6 Å². The minimum Gasteiger partial charge on any atom is -0.494 e. The summed E-state index contributed by atoms with van der Waals surface area (Å²) < 4.78 is 6.09. The maximum atomic E-state index is 13.2. The third kappa shape index (κ3) is 3.78. The molecule has 0 spiro atoms. The van der Waals surface area contributed by atoms with E-state index in [0.717, 1.165) is 10.1 Å². The standard InChI is InChI=1S/C22H16Cl2N2O4/c1-12-15(10-25)21(28)26(11-13-6-4-3-5-7-13)22(29)18(12)19(27)14-8-16(23)20(30-2)17(24)9-14/h3-9,29H,11H2,1-2H3. The molecule has 0 aliphatic carbocycles. The van der Waals surface area contributed by atoms with Gasteiger partial charge in [-0.15, -0.1) is 0 Å². The first-order chi connectivity index (χ1) is 14.3. The molecule has 0 saturated heterocycles. The molecule has 8 heteroatoms. The molecular formula is C22H16Cl2N2O4. The van der Waals surface area contributed by atoms with E-state index in [9.17, 15) is 20.0 Å². The predicted molar refractivity (Wildman–Crippen MR) is 114 cm³/mol. The minimum absolute atomic E-state index is 0.00906. The number of hydrogen-bond acceptors (Lipinski definition) is 5. The molecule has 0 fully saturated rings. The zero-order valence-electron chi connectivity index (χ0n) is 16.1. The van der Waals surface area contributed by atoms with Crippen LogP contribution >= 0.6 is 23.2 Å². The molecule has 1 N–H and O–H groups in total. The normalized spacial score (nSPS) is 10.5. The number of nitrogens with zero attached hydrogens (tertiary/aromatic N) is 2. The Hall–Kier alpha value is -3.27. The molecule has 2 aromatic carbocycles. The van der Waals surface area contributed by atoms with Gasteiger partial charge in [-0.2, -0.15) is 5.26 Å². The van der Waals surface area contributed by atoms with Crippen LogP contribution < -0.4 is 10.3 Å². The van der Waals surface area contributed by atoms with Crippen molar-refractivity contribution in [3.05, 3.63) is 90.7 Å². The van der Waals surface area contributed by atoms with Crippen molar-refractivity contribution in [3.8, 4) is 17.7 Å². The lowest BCUT2D eigenvalue weighted by Gasteiger charge is -2.16. The molecular weight excluding hydrogens is 427 g/mol. The largest absolute Gasteiger partial charge is 0.494 e. The second kappa shape index (κ2) is 8.62. The average Bonchev–Trinajstić information content (AvgIpc) is 2.72. The molecule has 0 atom stereocenters. The summed E-state index contributed by atoms with van der Waals surface area (Å²) in [5.74, 6) is -0.953. The highest BCUT2D eigenvalue weighted by molar-refractivity contribution is 6.38. The van der Waals surface area contributed by atoms with E-state index in [-0.39, 0.29) is 44.6 Å². The monoisotopic (exact) mass is 442 g/mol. The molecule has 6 nitrogen and oxygen atoms in total. The van der Waals surface area contributed by atoms with E-state index in [1.165, 1.54) is 26.2 Å². The molecule has 0 aliphatic rings. The molecule has 0 unspecified atom stereocenters. The van der Waals surface area contributed by atoms with Gasteiger partial charge < -0.3 is 9.84 Å². The predicted octanol–water partition coefficient (Wildman–Crippen LogP) is 4.33. The van der Waals surface area contributed by atoms with Crippen LogP contribution in [-0.2, 0) is 6.54 Å². The second-order valence-corrected chi connectivity index (χ2v) is 7.30. The number of methoxy groups -OCH3 is 1. The van der Waals surface area contributed by atoms with Crippen molar-refractivity contribution in [2.24, 2.45) is 0 Å². The van der Waals surface area contributed by atoms with Crippen LogP contribution in [0, 0.1) is 18.3 Å². The second-order valence-electron chi connectivity index (χ2n) is 6.49. The van der Waals surface area contributed by atoms with E-state index in [2.05, 4.69) is 0 Å². The summed E-state index contributed by atoms with van der Waals surface area (Å²) in [4.78, 5) is 26.0. The smallest absolute Gasteiger partial charge is 0.271 e. The lowest BCUT2D eigenvalue weighted by molar-refractivity contribution is 0.103. The Bertz CT molecular complexity index is 1220. The van der Waals surface area contributed by atoms with Crippen LogP contribution in [0.4, 0.5) is 0 Å². The number of hydrogen-bond donors (Lipinski definition) is 1. The topological polar surface area (TPSA) is 92.3 Å². The third-order valence-corrected chi connectivity index (χ3v) is 5.24. The summed E-state index contributed by atoms with van der Waals surface area (Å²) in [6.45, 7) is 1.43. The van der Waals surface area contributed by atoms with Crippen LogP contribution in [-0.4, -0.2) is 22.6 Å². The lowest BCUT2D eigenvalue weighted by Crippen LogP contribution is -2.27. The number of carbonyl (C=O) groups excluding carboxylic acids is 1. The van der Waals surface area contributed by atoms with E-state index < -0.39 is 17.2 Å². The maximum absolute atomic E-state index is 13.2. The first kappa shape index (κ1) is 21.4. The van der Waals surface area contributed by atoms with Gasteiger partial charge in [-0.3, -0.25) is 14.2 Å². The minimum atomic E-state index is -0.682. The number of halogens is 2. The summed E-state index contributed by atoms with van der Waals surface area (Å²) in [7, 11) is 1.39. The van der Waals surface area contributed by atoms with Crippen LogP contribution in [0.5, 0.6) is 11.6 Å². The number of aromatic nitrogens is 1. The van der Waals surface area contributed by atoms with E-state index in [0.29, 0.717) is 0 Å². The van der Waals surface area contributed by atoms with Crippen molar-refractivity contribution in [2.75, 3.05) is 7.11 Å². The Morgan fingerprint density at radius 3 is 2.33 bits per heavy atom. The van der Waals surface area contributed by atoms with E-state index in [1.54, 1.807) is 24.3 Å². The first-order valence-electron chi connectivity index (χ1n) is 8.78. The molecule has 0 bridgehead atoms. The number of ketones is 1. The Labute approximate surface area is 182 Å². The quantitative estimate of drug-likeness (QED) is 0.593. The van der Waals surface area contributed by atoms with Gasteiger partial charge in [0.15, 0.2) is 11.5 Å². The Morgan fingerprint density at radius 1 is 1.20 bits per heavy atom. The molecule has 0 saturated carbocycles. The van der Waals surface area contributed by atoms with Crippen molar-refractivity contribution in [1.29, 1.82) is 5.26 Å². The van der Waals surface area contributed by atoms with Gasteiger partial charge >= 0.3 is 0 Å². The van der Waals surface area contributed by atoms with Gasteiger partial charge in [-0.1, -0.05) is 53.5 Å². The maximum Gasteiger partial charge on any atom is 0.271 e. The van der Waals surface area contributed by atoms with Crippen LogP contribution in [0.15, 0.2) is 47.3 Å². The third-order valence-electron chi connectivity index (χ3n) is 4.68. The Morgan fingerprint density at radius 2 is 1.80 bits per heavy atom. The molecule has 0 radical (unpaired) electrons. The number of aromatic hydroxyl groups is 1. The fourth-order valence-electron chi connectivity index (χ4n) is 3.17. The van der Waals surface area contributed by atoms with Crippen molar-refractivity contribution in [1.82, 2.24) is 4.57 Å². The molecule has 30 heavy (non-hydrogen) atoms. The van der Waals surface area contributed by atoms with Gasteiger partial charge in [0.05, 0.1) is 29.3 Å². The summed E-state index contributed by atoms with van der Waals surface area (Å²) in [6, 6.07) is 13.5. The number of benzene rings is 2. The highest BCUT2D eigenvalue weighted by atomic mass is 35.5. The zero-order chi connectivity index (χ0) is 22.0. The van der Waals surface area contributed by atoms with Crippen LogP contribution in [0.1, 0.15) is 32.6 Å². The van der Waals surface area contributed by atoms with Gasteiger partial charge in [-0.25, -0.2) is 0 Å².